The van der Waals surface area contributed by atoms with Crippen molar-refractivity contribution in [3.05, 3.63) is 58.7 Å². The van der Waals surface area contributed by atoms with Gasteiger partial charge >= 0.3 is 5.97 Å². The van der Waals surface area contributed by atoms with Gasteiger partial charge in [-0.05, 0) is 51.0 Å². The zero-order valence-corrected chi connectivity index (χ0v) is 15.0. The fourth-order valence-corrected chi connectivity index (χ4v) is 2.55. The van der Waals surface area contributed by atoms with E-state index < -0.39 is 5.97 Å². The van der Waals surface area contributed by atoms with Crippen molar-refractivity contribution in [3.8, 4) is 5.75 Å². The summed E-state index contributed by atoms with van der Waals surface area (Å²) in [7, 11) is 0. The molecule has 0 unspecified atom stereocenters. The highest BCUT2D eigenvalue weighted by atomic mass is 16.6. The van der Waals surface area contributed by atoms with Gasteiger partial charge in [0, 0.05) is 5.69 Å². The molecule has 132 valence electrons. The number of carbonyl (C=O) groups excluding carboxylic acids is 2. The molecule has 5 heteroatoms. The minimum absolute atomic E-state index is 0.234. The number of esters is 1. The summed E-state index contributed by atoms with van der Waals surface area (Å²) in [6.45, 7) is 7.24. The van der Waals surface area contributed by atoms with Crippen LogP contribution < -0.4 is 10.1 Å². The first-order chi connectivity index (χ1) is 11.8. The van der Waals surface area contributed by atoms with Crippen LogP contribution in [0.3, 0.4) is 0 Å². The highest BCUT2D eigenvalue weighted by molar-refractivity contribution is 5.92. The van der Waals surface area contributed by atoms with Crippen molar-refractivity contribution in [1.82, 2.24) is 0 Å². The maximum absolute atomic E-state index is 11.8. The first kappa shape index (κ1) is 18.5. The molecular formula is C20H23NO4. The Labute approximate surface area is 148 Å². The molecule has 0 saturated heterocycles. The summed E-state index contributed by atoms with van der Waals surface area (Å²) in [6, 6.07) is 11.3. The van der Waals surface area contributed by atoms with E-state index in [1.165, 1.54) is 0 Å². The summed E-state index contributed by atoms with van der Waals surface area (Å²) in [5.41, 5.74) is 4.82. The van der Waals surface area contributed by atoms with Crippen LogP contribution in [0.15, 0.2) is 36.4 Å². The zero-order valence-electron chi connectivity index (χ0n) is 15.0. The monoisotopic (exact) mass is 341 g/mol. The molecule has 0 aromatic heterocycles. The van der Waals surface area contributed by atoms with E-state index in [1.54, 1.807) is 12.1 Å². The Hall–Kier alpha value is -2.82. The lowest BCUT2D eigenvalue weighted by Gasteiger charge is -2.12. The van der Waals surface area contributed by atoms with Crippen LogP contribution in [0.25, 0.3) is 0 Å². The van der Waals surface area contributed by atoms with Crippen LogP contribution in [0.2, 0.25) is 0 Å². The van der Waals surface area contributed by atoms with Gasteiger partial charge in [-0.3, -0.25) is 4.79 Å². The number of nitrogens with one attached hydrogen (secondary N) is 1. The standard InChI is InChI=1S/C20H23NO4/c1-13-5-7-17(8-6-13)21-18(22)11-24-19(23)12-25-20-15(3)9-14(2)10-16(20)4/h5-10H,11-12H2,1-4H3,(H,21,22). The molecule has 1 N–H and O–H groups in total. The molecule has 25 heavy (non-hydrogen) atoms. The fourth-order valence-electron chi connectivity index (χ4n) is 2.55. The number of ether oxygens (including phenoxy) is 2. The lowest BCUT2D eigenvalue weighted by molar-refractivity contribution is -0.149. The lowest BCUT2D eigenvalue weighted by atomic mass is 10.1. The Bertz CT molecular complexity index is 743. The molecule has 2 aromatic rings. The van der Waals surface area contributed by atoms with Gasteiger partial charge in [0.05, 0.1) is 0 Å². The summed E-state index contributed by atoms with van der Waals surface area (Å²) in [5.74, 6) is -0.301. The third kappa shape index (κ3) is 5.64. The summed E-state index contributed by atoms with van der Waals surface area (Å²) in [5, 5.41) is 2.67. The molecule has 2 rings (SSSR count). The average molecular weight is 341 g/mol. The molecular weight excluding hydrogens is 318 g/mol. The van der Waals surface area contributed by atoms with Gasteiger partial charge in [-0.1, -0.05) is 35.4 Å². The molecule has 2 aromatic carbocycles. The number of amides is 1. The van der Waals surface area contributed by atoms with Crippen molar-refractivity contribution in [2.24, 2.45) is 0 Å². The minimum Gasteiger partial charge on any atom is -0.481 e. The van der Waals surface area contributed by atoms with Crippen LogP contribution in [0.1, 0.15) is 22.3 Å². The number of hydrogen-bond donors (Lipinski definition) is 1. The van der Waals surface area contributed by atoms with E-state index in [9.17, 15) is 9.59 Å². The Morgan fingerprint density at radius 1 is 0.880 bits per heavy atom. The highest BCUT2D eigenvalue weighted by Crippen LogP contribution is 2.24. The first-order valence-electron chi connectivity index (χ1n) is 8.08. The maximum atomic E-state index is 11.8. The van der Waals surface area contributed by atoms with E-state index in [1.807, 2.05) is 52.0 Å². The van der Waals surface area contributed by atoms with Crippen LogP contribution in [0.5, 0.6) is 5.75 Å². The molecule has 0 saturated carbocycles. The van der Waals surface area contributed by atoms with Crippen molar-refractivity contribution in [3.63, 3.8) is 0 Å². The van der Waals surface area contributed by atoms with Crippen LogP contribution in [0.4, 0.5) is 5.69 Å². The largest absolute Gasteiger partial charge is 0.481 e. The topological polar surface area (TPSA) is 64.6 Å². The van der Waals surface area contributed by atoms with Gasteiger partial charge in [0.2, 0.25) is 0 Å². The Balaban J connectivity index is 1.79. The maximum Gasteiger partial charge on any atom is 0.344 e. The third-order valence-corrected chi connectivity index (χ3v) is 3.64. The molecule has 0 aliphatic carbocycles. The van der Waals surface area contributed by atoms with E-state index >= 15 is 0 Å². The molecule has 5 nitrogen and oxygen atoms in total. The minimum atomic E-state index is -0.585. The summed E-state index contributed by atoms with van der Waals surface area (Å²) >= 11 is 0. The molecule has 0 bridgehead atoms. The number of hydrogen-bond acceptors (Lipinski definition) is 4. The van der Waals surface area contributed by atoms with E-state index in [0.29, 0.717) is 11.4 Å². The molecule has 0 radical (unpaired) electrons. The van der Waals surface area contributed by atoms with Crippen molar-refractivity contribution < 1.29 is 19.1 Å². The van der Waals surface area contributed by atoms with E-state index in [0.717, 1.165) is 22.3 Å². The lowest BCUT2D eigenvalue weighted by Crippen LogP contribution is -2.23. The Kier molecular flexibility index (Phi) is 6.17. The smallest absolute Gasteiger partial charge is 0.344 e. The number of anilines is 1. The number of carbonyl (C=O) groups is 2. The molecule has 0 spiro atoms. The summed E-state index contributed by atoms with van der Waals surface area (Å²) in [4.78, 5) is 23.6. The number of aryl methyl sites for hydroxylation is 4. The van der Waals surface area contributed by atoms with Crippen LogP contribution in [-0.4, -0.2) is 25.1 Å². The molecule has 1 amide bonds. The second kappa shape index (κ2) is 8.33. The second-order valence-electron chi connectivity index (χ2n) is 6.09. The normalized spacial score (nSPS) is 10.2. The van der Waals surface area contributed by atoms with Crippen molar-refractivity contribution in [1.29, 1.82) is 0 Å². The number of benzene rings is 2. The molecule has 0 aliphatic rings. The van der Waals surface area contributed by atoms with E-state index in [2.05, 4.69) is 5.32 Å². The zero-order chi connectivity index (χ0) is 18.4. The SMILES string of the molecule is Cc1ccc(NC(=O)COC(=O)COc2c(C)cc(C)cc2C)cc1. The predicted molar refractivity (Wildman–Crippen MR) is 96.9 cm³/mol. The number of rotatable bonds is 6. The van der Waals surface area contributed by atoms with Gasteiger partial charge in [-0.25, -0.2) is 4.79 Å². The van der Waals surface area contributed by atoms with Gasteiger partial charge < -0.3 is 14.8 Å². The van der Waals surface area contributed by atoms with Gasteiger partial charge in [0.1, 0.15) is 5.75 Å². The van der Waals surface area contributed by atoms with Crippen LogP contribution in [-0.2, 0) is 14.3 Å². The molecule has 0 heterocycles. The van der Waals surface area contributed by atoms with Crippen molar-refractivity contribution in [2.75, 3.05) is 18.5 Å². The third-order valence-electron chi connectivity index (χ3n) is 3.64. The summed E-state index contributed by atoms with van der Waals surface area (Å²) < 4.78 is 10.5. The van der Waals surface area contributed by atoms with Gasteiger partial charge in [-0.15, -0.1) is 0 Å². The van der Waals surface area contributed by atoms with E-state index in [-0.39, 0.29) is 19.1 Å². The first-order valence-corrected chi connectivity index (χ1v) is 8.08. The Morgan fingerprint density at radius 2 is 1.48 bits per heavy atom. The summed E-state index contributed by atoms with van der Waals surface area (Å²) in [6.07, 6.45) is 0. The average Bonchev–Trinajstić information content (AvgIpc) is 2.54. The fraction of sp³-hybridized carbons (Fsp3) is 0.300. The van der Waals surface area contributed by atoms with Gasteiger partial charge in [-0.2, -0.15) is 0 Å². The molecule has 0 fully saturated rings. The highest BCUT2D eigenvalue weighted by Gasteiger charge is 2.11. The van der Waals surface area contributed by atoms with Gasteiger partial charge in [0.25, 0.3) is 5.91 Å². The van der Waals surface area contributed by atoms with Gasteiger partial charge in [0.15, 0.2) is 13.2 Å². The quantitative estimate of drug-likeness (QED) is 0.817. The predicted octanol–water partition coefficient (Wildman–Crippen LogP) is 3.48. The van der Waals surface area contributed by atoms with E-state index in [4.69, 9.17) is 9.47 Å². The molecule has 0 atom stereocenters. The van der Waals surface area contributed by atoms with Crippen LogP contribution >= 0.6 is 0 Å². The molecule has 0 aliphatic heterocycles. The van der Waals surface area contributed by atoms with Crippen molar-refractivity contribution in [2.45, 2.75) is 27.7 Å². The second-order valence-corrected chi connectivity index (χ2v) is 6.09. The van der Waals surface area contributed by atoms with Crippen molar-refractivity contribution >= 4 is 17.6 Å². The Morgan fingerprint density at radius 3 is 2.08 bits per heavy atom. The van der Waals surface area contributed by atoms with Crippen LogP contribution in [0, 0.1) is 27.7 Å².